The highest BCUT2D eigenvalue weighted by molar-refractivity contribution is 7.20. The summed E-state index contributed by atoms with van der Waals surface area (Å²) in [5.41, 5.74) is 2.89. The summed E-state index contributed by atoms with van der Waals surface area (Å²) in [6.45, 7) is 3.92. The van der Waals surface area contributed by atoms with Crippen LogP contribution in [0.25, 0.3) is 15.9 Å². The summed E-state index contributed by atoms with van der Waals surface area (Å²) in [5.74, 6) is -0.0819. The van der Waals surface area contributed by atoms with Gasteiger partial charge < -0.3 is 5.32 Å². The number of aromatic nitrogens is 3. The zero-order valence-corrected chi connectivity index (χ0v) is 15.3. The van der Waals surface area contributed by atoms with Crippen molar-refractivity contribution in [3.05, 3.63) is 77.1 Å². The predicted octanol–water partition coefficient (Wildman–Crippen LogP) is 4.28. The van der Waals surface area contributed by atoms with Gasteiger partial charge >= 0.3 is 0 Å². The van der Waals surface area contributed by atoms with Gasteiger partial charge in [0, 0.05) is 17.8 Å². The van der Waals surface area contributed by atoms with Gasteiger partial charge in [-0.3, -0.25) is 9.78 Å². The molecule has 0 aliphatic heterocycles. The molecule has 0 saturated heterocycles. The Morgan fingerprint density at radius 3 is 2.73 bits per heavy atom. The highest BCUT2D eigenvalue weighted by Gasteiger charge is 2.18. The molecule has 1 atom stereocenters. The predicted molar refractivity (Wildman–Crippen MR) is 104 cm³/mol. The molecule has 5 nitrogen and oxygen atoms in total. The van der Waals surface area contributed by atoms with Crippen LogP contribution in [0.4, 0.5) is 0 Å². The molecule has 0 aliphatic rings. The average molecular weight is 362 g/mol. The molecule has 6 heteroatoms. The maximum atomic E-state index is 12.7. The van der Waals surface area contributed by atoms with Crippen LogP contribution in [0.2, 0.25) is 0 Å². The molecule has 3 aromatic heterocycles. The minimum absolute atomic E-state index is 0.0819. The van der Waals surface area contributed by atoms with E-state index in [2.05, 4.69) is 15.4 Å². The van der Waals surface area contributed by atoms with Crippen LogP contribution in [-0.2, 0) is 0 Å². The first-order valence-corrected chi connectivity index (χ1v) is 9.20. The number of fused-ring (bicyclic) bond motifs is 1. The van der Waals surface area contributed by atoms with Crippen LogP contribution in [0.5, 0.6) is 0 Å². The van der Waals surface area contributed by atoms with E-state index < -0.39 is 0 Å². The Bertz CT molecular complexity index is 1050. The molecule has 4 rings (SSSR count). The van der Waals surface area contributed by atoms with Gasteiger partial charge in [0.1, 0.15) is 4.83 Å². The highest BCUT2D eigenvalue weighted by Crippen LogP contribution is 2.30. The van der Waals surface area contributed by atoms with Crippen molar-refractivity contribution in [2.45, 2.75) is 19.9 Å². The SMILES string of the molecule is Cc1nn(-c2ccccc2)c2sc(C(=O)NC(C)c3cccnc3)cc12. The smallest absolute Gasteiger partial charge is 0.261 e. The number of para-hydroxylation sites is 1. The van der Waals surface area contributed by atoms with Crippen LogP contribution in [0.1, 0.15) is 33.9 Å². The van der Waals surface area contributed by atoms with Gasteiger partial charge in [-0.2, -0.15) is 5.10 Å². The number of benzene rings is 1. The topological polar surface area (TPSA) is 59.8 Å². The van der Waals surface area contributed by atoms with Crippen molar-refractivity contribution in [1.29, 1.82) is 0 Å². The number of nitrogens with zero attached hydrogens (tertiary/aromatic N) is 3. The molecule has 1 amide bonds. The first-order chi connectivity index (χ1) is 12.6. The lowest BCUT2D eigenvalue weighted by molar-refractivity contribution is 0.0944. The van der Waals surface area contributed by atoms with Crippen LogP contribution in [-0.4, -0.2) is 20.7 Å². The van der Waals surface area contributed by atoms with E-state index in [1.807, 2.05) is 67.1 Å². The highest BCUT2D eigenvalue weighted by atomic mass is 32.1. The van der Waals surface area contributed by atoms with E-state index in [1.165, 1.54) is 11.3 Å². The second kappa shape index (κ2) is 6.72. The Morgan fingerprint density at radius 1 is 1.19 bits per heavy atom. The van der Waals surface area contributed by atoms with Crippen molar-refractivity contribution in [3.8, 4) is 5.69 Å². The number of carbonyl (C=O) groups is 1. The van der Waals surface area contributed by atoms with Gasteiger partial charge in [0.05, 0.1) is 22.3 Å². The molecule has 130 valence electrons. The number of amides is 1. The fraction of sp³-hybridized carbons (Fsp3) is 0.150. The summed E-state index contributed by atoms with van der Waals surface area (Å²) in [5, 5.41) is 8.67. The quantitative estimate of drug-likeness (QED) is 0.589. The summed E-state index contributed by atoms with van der Waals surface area (Å²) in [6, 6.07) is 15.6. The second-order valence-electron chi connectivity index (χ2n) is 6.14. The molecule has 4 aromatic rings. The third-order valence-corrected chi connectivity index (χ3v) is 5.41. The van der Waals surface area contributed by atoms with Crippen molar-refractivity contribution in [2.24, 2.45) is 0 Å². The van der Waals surface area contributed by atoms with Crippen molar-refractivity contribution in [1.82, 2.24) is 20.1 Å². The van der Waals surface area contributed by atoms with Crippen molar-refractivity contribution in [2.75, 3.05) is 0 Å². The molecular weight excluding hydrogens is 344 g/mol. The van der Waals surface area contributed by atoms with Crippen molar-refractivity contribution >= 4 is 27.5 Å². The van der Waals surface area contributed by atoms with Crippen LogP contribution in [0.3, 0.4) is 0 Å². The van der Waals surface area contributed by atoms with Crippen molar-refractivity contribution < 1.29 is 4.79 Å². The third-order valence-electron chi connectivity index (χ3n) is 4.30. The van der Waals surface area contributed by atoms with E-state index in [0.29, 0.717) is 4.88 Å². The molecule has 1 unspecified atom stereocenters. The number of carbonyl (C=O) groups excluding carboxylic acids is 1. The second-order valence-corrected chi connectivity index (χ2v) is 7.17. The zero-order valence-electron chi connectivity index (χ0n) is 14.5. The largest absolute Gasteiger partial charge is 0.345 e. The van der Waals surface area contributed by atoms with Crippen molar-refractivity contribution in [3.63, 3.8) is 0 Å². The minimum atomic E-state index is -0.104. The van der Waals surface area contributed by atoms with E-state index in [9.17, 15) is 4.79 Å². The van der Waals surface area contributed by atoms with Crippen LogP contribution >= 0.6 is 11.3 Å². The van der Waals surface area contributed by atoms with Crippen LogP contribution in [0.15, 0.2) is 60.9 Å². The van der Waals surface area contributed by atoms with Gasteiger partial charge in [-0.15, -0.1) is 11.3 Å². The number of aryl methyl sites for hydroxylation is 1. The molecule has 26 heavy (non-hydrogen) atoms. The molecule has 0 aliphatic carbocycles. The minimum Gasteiger partial charge on any atom is -0.345 e. The Labute approximate surface area is 155 Å². The van der Waals surface area contributed by atoms with E-state index in [-0.39, 0.29) is 11.9 Å². The van der Waals surface area contributed by atoms with E-state index in [1.54, 1.807) is 12.4 Å². The number of hydrogen-bond donors (Lipinski definition) is 1. The summed E-state index contributed by atoms with van der Waals surface area (Å²) in [6.07, 6.45) is 3.50. The molecule has 1 aromatic carbocycles. The lowest BCUT2D eigenvalue weighted by Crippen LogP contribution is -2.25. The van der Waals surface area contributed by atoms with Gasteiger partial charge in [0.25, 0.3) is 5.91 Å². The normalized spacial score (nSPS) is 12.2. The standard InChI is InChI=1S/C20H18N4OS/c1-13(15-7-6-10-21-12-15)22-19(25)18-11-17-14(2)23-24(20(17)26-18)16-8-4-3-5-9-16/h3-13H,1-2H3,(H,22,25). The Kier molecular flexibility index (Phi) is 4.26. The summed E-state index contributed by atoms with van der Waals surface area (Å²) in [7, 11) is 0. The first-order valence-electron chi connectivity index (χ1n) is 8.39. The summed E-state index contributed by atoms with van der Waals surface area (Å²) < 4.78 is 1.90. The molecule has 0 spiro atoms. The summed E-state index contributed by atoms with van der Waals surface area (Å²) >= 11 is 1.46. The number of hydrogen-bond acceptors (Lipinski definition) is 4. The van der Waals surface area contributed by atoms with Crippen LogP contribution < -0.4 is 5.32 Å². The Hall–Kier alpha value is -2.99. The lowest BCUT2D eigenvalue weighted by atomic mass is 10.1. The lowest BCUT2D eigenvalue weighted by Gasteiger charge is -2.12. The number of thiophene rings is 1. The molecule has 1 N–H and O–H groups in total. The van der Waals surface area contributed by atoms with E-state index in [4.69, 9.17) is 0 Å². The number of pyridine rings is 1. The number of nitrogens with one attached hydrogen (secondary N) is 1. The molecular formula is C20H18N4OS. The fourth-order valence-electron chi connectivity index (χ4n) is 2.89. The molecule has 0 saturated carbocycles. The molecule has 0 radical (unpaired) electrons. The monoisotopic (exact) mass is 362 g/mol. The van der Waals surface area contributed by atoms with Gasteiger partial charge in [-0.05, 0) is 43.7 Å². The fourth-order valence-corrected chi connectivity index (χ4v) is 3.97. The number of rotatable bonds is 4. The van der Waals surface area contributed by atoms with Gasteiger partial charge in [-0.1, -0.05) is 24.3 Å². The average Bonchev–Trinajstić information content (AvgIpc) is 3.24. The third kappa shape index (κ3) is 2.99. The van der Waals surface area contributed by atoms with Gasteiger partial charge in [0.15, 0.2) is 0 Å². The van der Waals surface area contributed by atoms with E-state index >= 15 is 0 Å². The Balaban J connectivity index is 1.64. The van der Waals surface area contributed by atoms with Gasteiger partial charge in [0.2, 0.25) is 0 Å². The maximum absolute atomic E-state index is 12.7. The molecule has 0 fully saturated rings. The summed E-state index contributed by atoms with van der Waals surface area (Å²) in [4.78, 5) is 18.5. The zero-order chi connectivity index (χ0) is 18.1. The molecule has 3 heterocycles. The molecule has 0 bridgehead atoms. The van der Waals surface area contributed by atoms with Gasteiger partial charge in [-0.25, -0.2) is 4.68 Å². The Morgan fingerprint density at radius 2 is 2.00 bits per heavy atom. The first kappa shape index (κ1) is 16.5. The maximum Gasteiger partial charge on any atom is 0.261 e. The van der Waals surface area contributed by atoms with Crippen LogP contribution in [0, 0.1) is 6.92 Å². The van der Waals surface area contributed by atoms with E-state index in [0.717, 1.165) is 27.2 Å².